The van der Waals surface area contributed by atoms with Crippen LogP contribution in [0.15, 0.2) is 95.5 Å². The van der Waals surface area contributed by atoms with Crippen LogP contribution in [0.2, 0.25) is 0 Å². The van der Waals surface area contributed by atoms with Crippen molar-refractivity contribution in [2.75, 3.05) is 24.6 Å². The molecule has 248 valence electrons. The van der Waals surface area contributed by atoms with Gasteiger partial charge in [-0.05, 0) is 47.9 Å². The smallest absolute Gasteiger partial charge is 0.313 e. The van der Waals surface area contributed by atoms with Crippen LogP contribution in [0.3, 0.4) is 0 Å². The summed E-state index contributed by atoms with van der Waals surface area (Å²) in [4.78, 5) is 59.5. The number of rotatable bonds is 4. The number of likely N-dealkylation sites (tertiary alicyclic amines) is 1. The first kappa shape index (κ1) is 32.2. The van der Waals surface area contributed by atoms with E-state index in [-0.39, 0.29) is 25.4 Å². The van der Waals surface area contributed by atoms with Crippen LogP contribution in [0, 0.1) is 11.8 Å². The van der Waals surface area contributed by atoms with Crippen LogP contribution in [0.5, 0.6) is 0 Å². The van der Waals surface area contributed by atoms with Gasteiger partial charge in [0.1, 0.15) is 29.8 Å². The number of amides is 3. The second-order valence-electron chi connectivity index (χ2n) is 12.7. The Kier molecular flexibility index (Phi) is 8.69. The summed E-state index contributed by atoms with van der Waals surface area (Å²) in [6, 6.07) is 20.5. The van der Waals surface area contributed by atoms with E-state index in [1.807, 2.05) is 72.8 Å². The Labute approximate surface area is 286 Å². The highest BCUT2D eigenvalue weighted by atomic mass is 79.9. The van der Waals surface area contributed by atoms with E-state index in [2.05, 4.69) is 21.2 Å². The van der Waals surface area contributed by atoms with Crippen LogP contribution < -0.4 is 10.2 Å². The predicted octanol–water partition coefficient (Wildman–Crippen LogP) is 4.18. The fourth-order valence-electron chi connectivity index (χ4n) is 7.56. The Hall–Kier alpha value is -4.32. The molecule has 7 rings (SSSR count). The van der Waals surface area contributed by atoms with E-state index in [1.54, 1.807) is 30.0 Å². The van der Waals surface area contributed by atoms with Crippen molar-refractivity contribution in [3.05, 3.63) is 101 Å². The lowest BCUT2D eigenvalue weighted by molar-refractivity contribution is -0.159. The number of halogens is 1. The lowest BCUT2D eigenvalue weighted by atomic mass is 9.74. The summed E-state index contributed by atoms with van der Waals surface area (Å²) in [5.41, 5.74) is -0.275. The summed E-state index contributed by atoms with van der Waals surface area (Å²) in [5.74, 6) is -3.90. The molecular formula is C37H36BrN3O7. The maximum absolute atomic E-state index is 15.3. The second kappa shape index (κ2) is 12.9. The molecule has 5 bridgehead atoms. The average molecular weight is 715 g/mol. The molecule has 3 aromatic rings. The maximum Gasteiger partial charge on any atom is 0.313 e. The molecule has 10 nitrogen and oxygen atoms in total. The summed E-state index contributed by atoms with van der Waals surface area (Å²) >= 11 is 3.58. The minimum atomic E-state index is -1.52. The van der Waals surface area contributed by atoms with Crippen molar-refractivity contribution in [2.45, 2.75) is 49.7 Å². The fraction of sp³-hybridized carbons (Fsp3) is 0.351. The highest BCUT2D eigenvalue weighted by Gasteiger charge is 2.75. The molecule has 7 atom stereocenters. The number of carbonyl (C=O) groups excluding carboxylic acids is 4. The number of esters is 1. The normalized spacial score (nSPS) is 30.6. The van der Waals surface area contributed by atoms with E-state index in [4.69, 9.17) is 9.47 Å². The van der Waals surface area contributed by atoms with E-state index in [9.17, 15) is 19.5 Å². The first-order valence-corrected chi connectivity index (χ1v) is 17.0. The molecule has 0 unspecified atom stereocenters. The van der Waals surface area contributed by atoms with Gasteiger partial charge in [0.05, 0.1) is 25.1 Å². The zero-order chi connectivity index (χ0) is 33.6. The number of aliphatic hydroxyl groups is 1. The molecule has 0 saturated carbocycles. The molecule has 48 heavy (non-hydrogen) atoms. The van der Waals surface area contributed by atoms with Crippen molar-refractivity contribution in [3.63, 3.8) is 0 Å². The number of fused-ring (bicyclic) bond motifs is 3. The number of anilines is 1. The summed E-state index contributed by atoms with van der Waals surface area (Å²) in [7, 11) is 0. The third-order valence-corrected chi connectivity index (χ3v) is 10.5. The minimum Gasteiger partial charge on any atom is -0.460 e. The lowest BCUT2D eigenvalue weighted by Gasteiger charge is -2.39. The summed E-state index contributed by atoms with van der Waals surface area (Å²) in [6.45, 7) is 1.47. The summed E-state index contributed by atoms with van der Waals surface area (Å²) in [6.07, 6.45) is 4.58. The van der Waals surface area contributed by atoms with Gasteiger partial charge in [-0.2, -0.15) is 0 Å². The number of nitrogens with one attached hydrogen (secondary N) is 1. The fourth-order valence-corrected chi connectivity index (χ4v) is 8.30. The number of aliphatic hydroxyl groups excluding tert-OH is 1. The van der Waals surface area contributed by atoms with Crippen molar-refractivity contribution >= 4 is 56.1 Å². The highest BCUT2D eigenvalue weighted by molar-refractivity contribution is 9.11. The Bertz CT molecular complexity index is 1830. The summed E-state index contributed by atoms with van der Waals surface area (Å²) < 4.78 is 13.0. The standard InChI is InChI=1S/C37H36BrN3O7/c1-22-20-39-29(43)14-6-3-9-17-40(26-16-15-23-10-7-8-13-25(23)18-26)35(45)33-37-19-27(38)32(48-37)30(36(46)47-22)31(37)34(44)41(33)28(21-42)24-11-4-2-5-12-24/h2-5,7-13,15-16,18-19,22,28,30-33,42H,6,14,17,20-21H2,1H3,(H,39,43)/b9-3-/t22-,28+,30+,31-,32+,33+,37-/m0/s1. The van der Waals surface area contributed by atoms with Crippen molar-refractivity contribution in [1.29, 1.82) is 0 Å². The van der Waals surface area contributed by atoms with Crippen LogP contribution in [-0.2, 0) is 28.7 Å². The molecule has 1 spiro atoms. The van der Waals surface area contributed by atoms with Gasteiger partial charge in [0.2, 0.25) is 11.8 Å². The van der Waals surface area contributed by atoms with Crippen LogP contribution in [0.25, 0.3) is 10.8 Å². The molecule has 0 radical (unpaired) electrons. The van der Waals surface area contributed by atoms with Gasteiger partial charge in [0.25, 0.3) is 5.91 Å². The van der Waals surface area contributed by atoms with Gasteiger partial charge in [-0.3, -0.25) is 19.2 Å². The Morgan fingerprint density at radius 3 is 2.50 bits per heavy atom. The number of hydrogen-bond acceptors (Lipinski definition) is 7. The number of hydrogen-bond donors (Lipinski definition) is 2. The minimum absolute atomic E-state index is 0.108. The van der Waals surface area contributed by atoms with Crippen molar-refractivity contribution in [1.82, 2.24) is 10.2 Å². The number of ether oxygens (including phenoxy) is 2. The molecule has 0 aromatic heterocycles. The molecule has 11 heteroatoms. The van der Waals surface area contributed by atoms with Gasteiger partial charge in [-0.15, -0.1) is 0 Å². The third-order valence-electron chi connectivity index (χ3n) is 9.77. The van der Waals surface area contributed by atoms with Gasteiger partial charge in [-0.25, -0.2) is 0 Å². The molecule has 4 heterocycles. The molecule has 3 aromatic carbocycles. The van der Waals surface area contributed by atoms with E-state index < -0.39 is 66.1 Å². The Morgan fingerprint density at radius 1 is 0.979 bits per heavy atom. The monoisotopic (exact) mass is 713 g/mol. The van der Waals surface area contributed by atoms with Crippen molar-refractivity contribution in [3.8, 4) is 0 Å². The van der Waals surface area contributed by atoms with Crippen LogP contribution in [0.4, 0.5) is 5.69 Å². The lowest BCUT2D eigenvalue weighted by Crippen LogP contribution is -2.57. The second-order valence-corrected chi connectivity index (χ2v) is 13.6. The van der Waals surface area contributed by atoms with Crippen LogP contribution in [-0.4, -0.2) is 77.2 Å². The van der Waals surface area contributed by atoms with Gasteiger partial charge in [0.15, 0.2) is 0 Å². The number of nitrogens with zero attached hydrogens (tertiary/aromatic N) is 2. The number of allylic oxidation sites excluding steroid dienone is 1. The Balaban J connectivity index is 1.40. The first-order chi connectivity index (χ1) is 23.2. The van der Waals surface area contributed by atoms with Gasteiger partial charge in [0, 0.05) is 23.1 Å². The van der Waals surface area contributed by atoms with E-state index >= 15 is 4.79 Å². The number of carbonyl (C=O) groups is 4. The number of benzene rings is 3. The quantitative estimate of drug-likeness (QED) is 0.307. The van der Waals surface area contributed by atoms with E-state index in [0.29, 0.717) is 22.2 Å². The zero-order valence-corrected chi connectivity index (χ0v) is 27.9. The topological polar surface area (TPSA) is 125 Å². The largest absolute Gasteiger partial charge is 0.460 e. The van der Waals surface area contributed by atoms with Crippen molar-refractivity contribution < 1.29 is 33.8 Å². The van der Waals surface area contributed by atoms with Crippen LogP contribution in [0.1, 0.15) is 31.4 Å². The SMILES string of the molecule is C[C@H]1CNC(=O)CC/C=C\CN(c2ccc3ccccc3c2)C(=O)[C@H]2N([C@H](CO)c3ccccc3)C(=O)[C@@H]3[C@@H](C(=O)O1)[C@@H]1O[C@@]32C=C1Br. The highest BCUT2D eigenvalue weighted by Crippen LogP contribution is 2.60. The number of cyclic esters (lactones) is 1. The van der Waals surface area contributed by atoms with Gasteiger partial charge < -0.3 is 29.7 Å². The third kappa shape index (κ3) is 5.43. The molecule has 4 aliphatic heterocycles. The molecule has 4 aliphatic rings. The predicted molar refractivity (Wildman–Crippen MR) is 182 cm³/mol. The molecular weight excluding hydrogens is 678 g/mol. The Morgan fingerprint density at radius 2 is 1.73 bits per heavy atom. The zero-order valence-electron chi connectivity index (χ0n) is 26.3. The van der Waals surface area contributed by atoms with E-state index in [1.165, 1.54) is 4.90 Å². The molecule has 2 fully saturated rings. The molecule has 3 amide bonds. The average Bonchev–Trinajstić information content (AvgIpc) is 3.69. The molecule has 2 N–H and O–H groups in total. The van der Waals surface area contributed by atoms with Gasteiger partial charge in [-0.1, -0.05) is 88.7 Å². The first-order valence-electron chi connectivity index (χ1n) is 16.2. The van der Waals surface area contributed by atoms with Crippen LogP contribution >= 0.6 is 15.9 Å². The summed E-state index contributed by atoms with van der Waals surface area (Å²) in [5, 5.41) is 15.6. The van der Waals surface area contributed by atoms with Gasteiger partial charge >= 0.3 is 5.97 Å². The molecule has 0 aliphatic carbocycles. The van der Waals surface area contributed by atoms with Crippen molar-refractivity contribution in [2.24, 2.45) is 11.8 Å². The van der Waals surface area contributed by atoms with E-state index in [0.717, 1.165) is 10.8 Å². The maximum atomic E-state index is 15.3. The molecule has 2 saturated heterocycles.